The second kappa shape index (κ2) is 11.0. The van der Waals surface area contributed by atoms with E-state index in [2.05, 4.69) is 0 Å². The van der Waals surface area contributed by atoms with Crippen molar-refractivity contribution in [2.45, 2.75) is 70.4 Å². The van der Waals surface area contributed by atoms with Crippen LogP contribution in [0.15, 0.2) is 42.5 Å². The van der Waals surface area contributed by atoms with Crippen LogP contribution in [0.2, 0.25) is 0 Å². The Morgan fingerprint density at radius 1 is 1.08 bits per heavy atom. The van der Waals surface area contributed by atoms with Gasteiger partial charge in [0, 0.05) is 13.0 Å². The standard InChI is InChI=1S/C27H32ClN3O8/c1-26(2,3)39-25(37)29-15-18(31(24(28)36)38-16-17-9-5-4-6-10-17)13-14-27(29,23(34)35)30-21(32)19-11-7-8-12-20(19)22(30)33/h4-10,18-20H,11-16H2,1-3H3,(H,34,35)/t18-,19-,20+,27-/m1/s1. The highest BCUT2D eigenvalue weighted by atomic mass is 35.5. The molecule has 4 rings (SSSR count). The lowest BCUT2D eigenvalue weighted by Gasteiger charge is -2.50. The van der Waals surface area contributed by atoms with Crippen LogP contribution in [0.4, 0.5) is 9.59 Å². The van der Waals surface area contributed by atoms with Crippen molar-refractivity contribution in [3.63, 3.8) is 0 Å². The quantitative estimate of drug-likeness (QED) is 0.182. The minimum atomic E-state index is -2.34. The maximum Gasteiger partial charge on any atom is 0.412 e. The maximum atomic E-state index is 13.5. The molecular formula is C27H32ClN3O8. The molecule has 4 amide bonds. The molecule has 4 atom stereocenters. The van der Waals surface area contributed by atoms with E-state index in [1.807, 2.05) is 6.07 Å². The highest BCUT2D eigenvalue weighted by Crippen LogP contribution is 2.44. The number of carbonyl (C=O) groups is 5. The Bertz CT molecular complexity index is 1160. The van der Waals surface area contributed by atoms with Crippen molar-refractivity contribution in [1.29, 1.82) is 0 Å². The van der Waals surface area contributed by atoms with E-state index in [4.69, 9.17) is 21.2 Å². The number of amides is 4. The van der Waals surface area contributed by atoms with Crippen molar-refractivity contribution in [2.75, 3.05) is 6.54 Å². The summed E-state index contributed by atoms with van der Waals surface area (Å²) in [6, 6.07) is 8.13. The van der Waals surface area contributed by atoms with Gasteiger partial charge in [0.1, 0.15) is 12.2 Å². The summed E-state index contributed by atoms with van der Waals surface area (Å²) in [5, 5.41) is 10.5. The molecule has 39 heavy (non-hydrogen) atoms. The van der Waals surface area contributed by atoms with Gasteiger partial charge in [-0.2, -0.15) is 0 Å². The van der Waals surface area contributed by atoms with Crippen LogP contribution in [0.5, 0.6) is 0 Å². The molecule has 0 aromatic heterocycles. The zero-order valence-corrected chi connectivity index (χ0v) is 22.8. The average molecular weight is 562 g/mol. The van der Waals surface area contributed by atoms with Crippen molar-refractivity contribution in [2.24, 2.45) is 11.8 Å². The van der Waals surface area contributed by atoms with Gasteiger partial charge in [0.2, 0.25) is 17.5 Å². The van der Waals surface area contributed by atoms with Gasteiger partial charge in [-0.05, 0) is 57.2 Å². The number of carboxylic acids is 1. The summed E-state index contributed by atoms with van der Waals surface area (Å²) in [6.45, 7) is 4.42. The molecule has 1 aliphatic carbocycles. The molecule has 0 radical (unpaired) electrons. The number of piperidine rings is 1. The second-order valence-corrected chi connectivity index (χ2v) is 11.2. The Labute approximate surface area is 231 Å². The predicted molar refractivity (Wildman–Crippen MR) is 138 cm³/mol. The van der Waals surface area contributed by atoms with Crippen LogP contribution in [-0.4, -0.2) is 73.1 Å². The minimum Gasteiger partial charge on any atom is -0.478 e. The molecule has 1 aromatic carbocycles. The number of aliphatic carboxylic acids is 1. The van der Waals surface area contributed by atoms with Crippen LogP contribution >= 0.6 is 11.6 Å². The Hall–Kier alpha value is -3.44. The lowest BCUT2D eigenvalue weighted by atomic mass is 9.85. The first-order chi connectivity index (χ1) is 18.4. The van der Waals surface area contributed by atoms with Crippen LogP contribution in [-0.2, 0) is 30.6 Å². The molecular weight excluding hydrogens is 530 g/mol. The van der Waals surface area contributed by atoms with Crippen LogP contribution in [0, 0.1) is 11.8 Å². The van der Waals surface area contributed by atoms with Gasteiger partial charge in [0.15, 0.2) is 0 Å². The molecule has 3 aliphatic rings. The summed E-state index contributed by atoms with van der Waals surface area (Å²) >= 11 is 5.85. The molecule has 1 N–H and O–H groups in total. The van der Waals surface area contributed by atoms with Crippen LogP contribution in [0.1, 0.15) is 52.0 Å². The van der Waals surface area contributed by atoms with Crippen molar-refractivity contribution < 1.29 is 38.7 Å². The Kier molecular flexibility index (Phi) is 8.04. The molecule has 1 aromatic rings. The average Bonchev–Trinajstić information content (AvgIpc) is 3.13. The molecule has 2 saturated heterocycles. The smallest absolute Gasteiger partial charge is 0.412 e. The van der Waals surface area contributed by atoms with E-state index in [1.165, 1.54) is 0 Å². The Morgan fingerprint density at radius 2 is 1.67 bits per heavy atom. The van der Waals surface area contributed by atoms with Gasteiger partial charge in [-0.1, -0.05) is 42.5 Å². The SMILES string of the molecule is CC(C)(C)OC(=O)N1C[C@H](N(OCc2ccccc2)C(=O)Cl)CC[C@]1(C(=O)O)N1C(=O)[C@H]2CC=CC[C@H]2C1=O. The largest absolute Gasteiger partial charge is 0.478 e. The van der Waals surface area contributed by atoms with Gasteiger partial charge in [-0.25, -0.2) is 19.6 Å². The molecule has 12 heteroatoms. The van der Waals surface area contributed by atoms with Gasteiger partial charge in [0.05, 0.1) is 17.9 Å². The summed E-state index contributed by atoms with van der Waals surface area (Å²) < 4.78 is 5.53. The maximum absolute atomic E-state index is 13.5. The topological polar surface area (TPSA) is 134 Å². The summed E-state index contributed by atoms with van der Waals surface area (Å²) in [5.74, 6) is -4.24. The van der Waals surface area contributed by atoms with Gasteiger partial charge in [-0.3, -0.25) is 24.1 Å². The highest BCUT2D eigenvalue weighted by molar-refractivity contribution is 6.62. The number of benzene rings is 1. The number of rotatable bonds is 6. The van der Waals surface area contributed by atoms with Gasteiger partial charge in [0.25, 0.3) is 0 Å². The third kappa shape index (κ3) is 5.51. The molecule has 2 heterocycles. The first kappa shape index (κ1) is 28.6. The van der Waals surface area contributed by atoms with Gasteiger partial charge < -0.3 is 9.84 Å². The van der Waals surface area contributed by atoms with Crippen molar-refractivity contribution in [3.05, 3.63) is 48.0 Å². The zero-order valence-electron chi connectivity index (χ0n) is 22.0. The molecule has 0 saturated carbocycles. The molecule has 11 nitrogen and oxygen atoms in total. The number of carboxylic acid groups (broad SMARTS) is 1. The van der Waals surface area contributed by atoms with E-state index < -0.39 is 64.9 Å². The number of hydrogen-bond acceptors (Lipinski definition) is 7. The van der Waals surface area contributed by atoms with Crippen molar-refractivity contribution in [3.8, 4) is 0 Å². The summed E-state index contributed by atoms with van der Waals surface area (Å²) in [5.41, 5.74) is -2.61. The third-order valence-corrected chi connectivity index (χ3v) is 7.38. The number of halogens is 1. The number of carbonyl (C=O) groups excluding carboxylic acids is 4. The molecule has 0 spiro atoms. The third-order valence-electron chi connectivity index (χ3n) is 7.22. The highest BCUT2D eigenvalue weighted by Gasteiger charge is 2.64. The van der Waals surface area contributed by atoms with Crippen LogP contribution in [0.25, 0.3) is 0 Å². The van der Waals surface area contributed by atoms with Crippen LogP contribution < -0.4 is 0 Å². The van der Waals surface area contributed by atoms with Gasteiger partial charge >= 0.3 is 17.4 Å². The number of imide groups is 1. The number of likely N-dealkylation sites (tertiary alicyclic amines) is 2. The summed E-state index contributed by atoms with van der Waals surface area (Å²) in [6.07, 6.45) is 2.76. The zero-order chi connectivity index (χ0) is 28.5. The molecule has 210 valence electrons. The number of nitrogens with zero attached hydrogens (tertiary/aromatic N) is 3. The lowest BCUT2D eigenvalue weighted by Crippen LogP contribution is -2.73. The number of hydroxylamine groups is 2. The fourth-order valence-electron chi connectivity index (χ4n) is 5.42. The predicted octanol–water partition coefficient (Wildman–Crippen LogP) is 3.91. The van der Waals surface area contributed by atoms with E-state index in [9.17, 15) is 29.1 Å². The normalized spacial score (nSPS) is 26.8. The van der Waals surface area contributed by atoms with E-state index in [1.54, 1.807) is 57.2 Å². The molecule has 2 fully saturated rings. The number of allylic oxidation sites excluding steroid dienone is 2. The molecule has 2 aliphatic heterocycles. The number of hydrogen-bond donors (Lipinski definition) is 1. The van der Waals surface area contributed by atoms with Crippen molar-refractivity contribution >= 4 is 40.8 Å². The van der Waals surface area contributed by atoms with Crippen LogP contribution in [0.3, 0.4) is 0 Å². The minimum absolute atomic E-state index is 0.00817. The number of ether oxygens (including phenoxy) is 1. The van der Waals surface area contributed by atoms with Gasteiger partial charge in [-0.15, -0.1) is 0 Å². The Balaban J connectivity index is 1.70. The Morgan fingerprint density at radius 3 is 2.18 bits per heavy atom. The number of fused-ring (bicyclic) bond motifs is 1. The fraction of sp³-hybridized carbons (Fsp3) is 0.519. The first-order valence-electron chi connectivity index (χ1n) is 12.8. The summed E-state index contributed by atoms with van der Waals surface area (Å²) in [4.78, 5) is 73.3. The molecule has 0 bridgehead atoms. The van der Waals surface area contributed by atoms with Crippen molar-refractivity contribution in [1.82, 2.24) is 14.9 Å². The van der Waals surface area contributed by atoms with E-state index in [-0.39, 0.29) is 19.4 Å². The monoisotopic (exact) mass is 561 g/mol. The van der Waals surface area contributed by atoms with E-state index in [0.29, 0.717) is 12.8 Å². The summed E-state index contributed by atoms with van der Waals surface area (Å²) in [7, 11) is 0. The first-order valence-corrected chi connectivity index (χ1v) is 13.2. The lowest BCUT2D eigenvalue weighted by molar-refractivity contribution is -0.196. The molecule has 0 unspecified atom stereocenters. The van der Waals surface area contributed by atoms with E-state index in [0.717, 1.165) is 20.4 Å². The van der Waals surface area contributed by atoms with E-state index >= 15 is 0 Å². The second-order valence-electron chi connectivity index (χ2n) is 10.9. The fourth-order valence-corrected chi connectivity index (χ4v) is 5.61.